The summed E-state index contributed by atoms with van der Waals surface area (Å²) in [5.74, 6) is 1.54. The van der Waals surface area contributed by atoms with E-state index in [0.717, 1.165) is 22.2 Å². The molecule has 0 unspecified atom stereocenters. The van der Waals surface area contributed by atoms with Gasteiger partial charge in [-0.05, 0) is 36.8 Å². The minimum atomic E-state index is -0.0264. The SMILES string of the molecule is Cc1cccc2nc(CSCc3cccc(Cl)c3)cc(=O)n12. The highest BCUT2D eigenvalue weighted by atomic mass is 35.5. The fraction of sp³-hybridized carbons (Fsp3) is 0.176. The van der Waals surface area contributed by atoms with Crippen molar-refractivity contribution in [1.29, 1.82) is 0 Å². The van der Waals surface area contributed by atoms with Gasteiger partial charge in [-0.25, -0.2) is 4.98 Å². The van der Waals surface area contributed by atoms with Gasteiger partial charge in [0.05, 0.1) is 5.69 Å². The Balaban J connectivity index is 1.76. The van der Waals surface area contributed by atoms with Crippen molar-refractivity contribution < 1.29 is 0 Å². The van der Waals surface area contributed by atoms with Gasteiger partial charge in [0.25, 0.3) is 5.56 Å². The van der Waals surface area contributed by atoms with E-state index < -0.39 is 0 Å². The van der Waals surface area contributed by atoms with E-state index in [0.29, 0.717) is 11.4 Å². The molecule has 2 heterocycles. The van der Waals surface area contributed by atoms with Crippen LogP contribution in [0.5, 0.6) is 0 Å². The maximum absolute atomic E-state index is 12.2. The van der Waals surface area contributed by atoms with Crippen LogP contribution < -0.4 is 5.56 Å². The number of aromatic nitrogens is 2. The average Bonchev–Trinajstić information content (AvgIpc) is 2.47. The molecule has 0 aliphatic rings. The summed E-state index contributed by atoms with van der Waals surface area (Å²) in [6.07, 6.45) is 0. The molecule has 0 fully saturated rings. The molecule has 3 nitrogen and oxygen atoms in total. The van der Waals surface area contributed by atoms with Crippen LogP contribution in [0, 0.1) is 6.92 Å². The Hall–Kier alpha value is -1.78. The number of pyridine rings is 1. The molecule has 3 aromatic rings. The predicted octanol–water partition coefficient (Wildman–Crippen LogP) is 4.09. The lowest BCUT2D eigenvalue weighted by molar-refractivity contribution is 0.968. The Bertz CT molecular complexity index is 876. The summed E-state index contributed by atoms with van der Waals surface area (Å²) in [4.78, 5) is 16.8. The molecule has 2 aromatic heterocycles. The van der Waals surface area contributed by atoms with Gasteiger partial charge in [0.15, 0.2) is 0 Å². The number of thioether (sulfide) groups is 1. The molecule has 22 heavy (non-hydrogen) atoms. The summed E-state index contributed by atoms with van der Waals surface area (Å²) in [6.45, 7) is 1.91. The number of rotatable bonds is 4. The molecule has 0 aliphatic carbocycles. The van der Waals surface area contributed by atoms with E-state index in [1.54, 1.807) is 22.2 Å². The van der Waals surface area contributed by atoms with Gasteiger partial charge in [-0.2, -0.15) is 11.8 Å². The van der Waals surface area contributed by atoms with Crippen molar-refractivity contribution in [3.63, 3.8) is 0 Å². The quantitative estimate of drug-likeness (QED) is 0.722. The molecular formula is C17H15ClN2OS. The Morgan fingerprint density at radius 2 is 1.95 bits per heavy atom. The van der Waals surface area contributed by atoms with E-state index >= 15 is 0 Å². The maximum atomic E-state index is 12.2. The first kappa shape index (κ1) is 15.1. The fourth-order valence-electron chi connectivity index (χ4n) is 2.34. The Morgan fingerprint density at radius 1 is 1.14 bits per heavy atom. The molecule has 0 amide bonds. The second-order valence-electron chi connectivity index (χ2n) is 5.07. The van der Waals surface area contributed by atoms with E-state index in [1.807, 2.05) is 49.4 Å². The number of benzene rings is 1. The van der Waals surface area contributed by atoms with Crippen LogP contribution in [0.25, 0.3) is 5.65 Å². The second-order valence-corrected chi connectivity index (χ2v) is 6.49. The Kier molecular flexibility index (Phi) is 4.50. The molecule has 1 aromatic carbocycles. The van der Waals surface area contributed by atoms with Crippen molar-refractivity contribution in [2.45, 2.75) is 18.4 Å². The van der Waals surface area contributed by atoms with Crippen molar-refractivity contribution in [2.75, 3.05) is 0 Å². The second kappa shape index (κ2) is 6.55. The zero-order chi connectivity index (χ0) is 15.5. The molecule has 0 N–H and O–H groups in total. The van der Waals surface area contributed by atoms with Gasteiger partial charge in [-0.3, -0.25) is 9.20 Å². The van der Waals surface area contributed by atoms with Gasteiger partial charge in [-0.1, -0.05) is 29.8 Å². The fourth-order valence-corrected chi connectivity index (χ4v) is 3.43. The highest BCUT2D eigenvalue weighted by Crippen LogP contribution is 2.19. The van der Waals surface area contributed by atoms with Crippen molar-refractivity contribution in [1.82, 2.24) is 9.38 Å². The maximum Gasteiger partial charge on any atom is 0.258 e. The minimum absolute atomic E-state index is 0.0264. The number of hydrogen-bond acceptors (Lipinski definition) is 3. The molecule has 3 rings (SSSR count). The van der Waals surface area contributed by atoms with Crippen LogP contribution in [0.3, 0.4) is 0 Å². The lowest BCUT2D eigenvalue weighted by Gasteiger charge is -2.06. The number of hydrogen-bond donors (Lipinski definition) is 0. The number of fused-ring (bicyclic) bond motifs is 1. The van der Waals surface area contributed by atoms with Gasteiger partial charge in [0.1, 0.15) is 5.65 Å². The van der Waals surface area contributed by atoms with Crippen LogP contribution >= 0.6 is 23.4 Å². The third kappa shape index (κ3) is 3.34. The summed E-state index contributed by atoms with van der Waals surface area (Å²) >= 11 is 7.70. The highest BCUT2D eigenvalue weighted by Gasteiger charge is 2.04. The summed E-state index contributed by atoms with van der Waals surface area (Å²) < 4.78 is 1.63. The number of aryl methyl sites for hydroxylation is 1. The van der Waals surface area contributed by atoms with Crippen molar-refractivity contribution >= 4 is 29.0 Å². The first-order chi connectivity index (χ1) is 10.6. The summed E-state index contributed by atoms with van der Waals surface area (Å²) in [7, 11) is 0. The van der Waals surface area contributed by atoms with E-state index in [4.69, 9.17) is 11.6 Å². The topological polar surface area (TPSA) is 34.4 Å². The van der Waals surface area contributed by atoms with E-state index in [2.05, 4.69) is 4.98 Å². The van der Waals surface area contributed by atoms with Crippen LogP contribution in [0.1, 0.15) is 17.0 Å². The molecule has 0 bridgehead atoms. The predicted molar refractivity (Wildman–Crippen MR) is 92.7 cm³/mol. The van der Waals surface area contributed by atoms with Gasteiger partial charge < -0.3 is 0 Å². The van der Waals surface area contributed by atoms with Crippen LogP contribution in [-0.2, 0) is 11.5 Å². The smallest absolute Gasteiger partial charge is 0.258 e. The number of halogens is 1. The molecule has 5 heteroatoms. The Morgan fingerprint density at radius 3 is 2.77 bits per heavy atom. The van der Waals surface area contributed by atoms with E-state index in [9.17, 15) is 4.79 Å². The van der Waals surface area contributed by atoms with Crippen LogP contribution in [0.15, 0.2) is 53.3 Å². The molecular weight excluding hydrogens is 316 g/mol. The molecule has 0 aliphatic heterocycles. The first-order valence-corrected chi connectivity index (χ1v) is 8.47. The van der Waals surface area contributed by atoms with Crippen molar-refractivity contribution in [3.8, 4) is 0 Å². The van der Waals surface area contributed by atoms with E-state index in [-0.39, 0.29) is 5.56 Å². The van der Waals surface area contributed by atoms with Gasteiger partial charge >= 0.3 is 0 Å². The summed E-state index contributed by atoms with van der Waals surface area (Å²) in [5, 5.41) is 0.746. The summed E-state index contributed by atoms with van der Waals surface area (Å²) in [5.41, 5.74) is 3.55. The lowest BCUT2D eigenvalue weighted by atomic mass is 10.2. The molecule has 112 valence electrons. The van der Waals surface area contributed by atoms with Gasteiger partial charge in [-0.15, -0.1) is 0 Å². The molecule has 0 radical (unpaired) electrons. The van der Waals surface area contributed by atoms with Gasteiger partial charge in [0.2, 0.25) is 0 Å². The van der Waals surface area contributed by atoms with Crippen molar-refractivity contribution in [2.24, 2.45) is 0 Å². The standard InChI is InChI=1S/C17H15ClN2OS/c1-12-4-2-7-16-19-15(9-17(21)20(12)16)11-22-10-13-5-3-6-14(18)8-13/h2-9H,10-11H2,1H3. The normalized spacial score (nSPS) is 11.0. The molecule has 0 saturated carbocycles. The zero-order valence-electron chi connectivity index (χ0n) is 12.1. The first-order valence-electron chi connectivity index (χ1n) is 6.94. The Labute approximate surface area is 138 Å². The van der Waals surface area contributed by atoms with Crippen molar-refractivity contribution in [3.05, 3.63) is 80.9 Å². The summed E-state index contributed by atoms with van der Waals surface area (Å²) in [6, 6.07) is 15.1. The van der Waals surface area contributed by atoms with Crippen LogP contribution in [0.2, 0.25) is 5.02 Å². The van der Waals surface area contributed by atoms with Crippen LogP contribution in [-0.4, -0.2) is 9.38 Å². The largest absolute Gasteiger partial charge is 0.269 e. The minimum Gasteiger partial charge on any atom is -0.269 e. The van der Waals surface area contributed by atoms with E-state index in [1.165, 1.54) is 5.56 Å². The molecule has 0 saturated heterocycles. The van der Waals surface area contributed by atoms with Gasteiger partial charge in [0, 0.05) is 28.3 Å². The molecule has 0 spiro atoms. The number of nitrogens with zero attached hydrogens (tertiary/aromatic N) is 2. The lowest BCUT2D eigenvalue weighted by Crippen LogP contribution is -2.17. The zero-order valence-corrected chi connectivity index (χ0v) is 13.7. The average molecular weight is 331 g/mol. The third-order valence-electron chi connectivity index (χ3n) is 3.34. The third-order valence-corrected chi connectivity index (χ3v) is 4.61. The highest BCUT2D eigenvalue weighted by molar-refractivity contribution is 7.97. The molecule has 0 atom stereocenters. The van der Waals surface area contributed by atoms with Crippen LogP contribution in [0.4, 0.5) is 0 Å². The monoisotopic (exact) mass is 330 g/mol.